The molecule has 3 rings (SSSR count). The molecule has 0 bridgehead atoms. The molecule has 0 aliphatic heterocycles. The van der Waals surface area contributed by atoms with Crippen LogP contribution in [0.3, 0.4) is 0 Å². The van der Waals surface area contributed by atoms with Gasteiger partial charge in [0, 0.05) is 16.6 Å². The van der Waals surface area contributed by atoms with Gasteiger partial charge in [0.25, 0.3) is 0 Å². The highest BCUT2D eigenvalue weighted by atomic mass is 35.5. The number of hydrogen-bond acceptors (Lipinski definition) is 6. The summed E-state index contributed by atoms with van der Waals surface area (Å²) >= 11 is 7.01. The fourth-order valence-corrected chi connectivity index (χ4v) is 4.45. The quantitative estimate of drug-likeness (QED) is 0.671. The summed E-state index contributed by atoms with van der Waals surface area (Å²) < 4.78 is 24.1. The Morgan fingerprint density at radius 1 is 1.11 bits per heavy atom. The monoisotopic (exact) mass is 421 g/mol. The molecule has 0 atom stereocenters. The van der Waals surface area contributed by atoms with Crippen LogP contribution in [-0.2, 0) is 14.6 Å². The van der Waals surface area contributed by atoms with Gasteiger partial charge in [0.05, 0.1) is 10.6 Å². The number of halogens is 1. The number of amides is 1. The van der Waals surface area contributed by atoms with Gasteiger partial charge in [0.15, 0.2) is 15.0 Å². The fraction of sp³-hybridized carbons (Fsp3) is 0.167. The van der Waals surface area contributed by atoms with Crippen LogP contribution in [0.1, 0.15) is 13.8 Å². The number of aromatic nitrogens is 2. The van der Waals surface area contributed by atoms with Gasteiger partial charge in [-0.25, -0.2) is 13.4 Å². The lowest BCUT2D eigenvalue weighted by Gasteiger charge is -2.23. The average Bonchev–Trinajstić information content (AvgIpc) is 3.11. The van der Waals surface area contributed by atoms with E-state index in [1.165, 1.54) is 49.4 Å². The molecular formula is C18H16ClN3O3S2. The summed E-state index contributed by atoms with van der Waals surface area (Å²) in [6, 6.07) is 11.1. The van der Waals surface area contributed by atoms with E-state index in [1.807, 2.05) is 6.07 Å². The molecule has 1 N–H and O–H groups in total. The molecule has 0 spiro atoms. The van der Waals surface area contributed by atoms with Crippen LogP contribution in [0.2, 0.25) is 5.02 Å². The van der Waals surface area contributed by atoms with Crippen molar-refractivity contribution in [1.29, 1.82) is 0 Å². The summed E-state index contributed by atoms with van der Waals surface area (Å²) in [7, 11) is -3.93. The van der Waals surface area contributed by atoms with Gasteiger partial charge in [0.1, 0.15) is 10.4 Å². The molecule has 0 saturated heterocycles. The van der Waals surface area contributed by atoms with Gasteiger partial charge in [-0.3, -0.25) is 9.78 Å². The van der Waals surface area contributed by atoms with Crippen molar-refractivity contribution in [1.82, 2.24) is 9.97 Å². The van der Waals surface area contributed by atoms with E-state index in [4.69, 9.17) is 11.6 Å². The molecule has 9 heteroatoms. The first-order chi connectivity index (χ1) is 12.7. The number of carbonyl (C=O) groups excluding carboxylic acids is 1. The molecule has 0 aliphatic carbocycles. The SMILES string of the molecule is CC(C)(C(=O)Nc1nc(-c2ccccn2)cs1)S(=O)(=O)c1ccc(Cl)cc1. The Morgan fingerprint density at radius 3 is 2.44 bits per heavy atom. The van der Waals surface area contributed by atoms with E-state index in [9.17, 15) is 13.2 Å². The van der Waals surface area contributed by atoms with E-state index >= 15 is 0 Å². The molecule has 2 heterocycles. The lowest BCUT2D eigenvalue weighted by molar-refractivity contribution is -0.117. The molecule has 140 valence electrons. The number of sulfone groups is 1. The second kappa shape index (κ2) is 7.38. The summed E-state index contributed by atoms with van der Waals surface area (Å²) in [5.41, 5.74) is 1.27. The number of pyridine rings is 1. The number of benzene rings is 1. The Hall–Kier alpha value is -2.29. The third-order valence-corrected chi connectivity index (χ3v) is 7.43. The highest BCUT2D eigenvalue weighted by Gasteiger charge is 2.43. The molecule has 0 fully saturated rings. The van der Waals surface area contributed by atoms with Crippen molar-refractivity contribution in [3.8, 4) is 11.4 Å². The number of carbonyl (C=O) groups is 1. The van der Waals surface area contributed by atoms with Gasteiger partial charge in [-0.05, 0) is 50.2 Å². The lowest BCUT2D eigenvalue weighted by Crippen LogP contribution is -2.44. The van der Waals surface area contributed by atoms with E-state index in [1.54, 1.807) is 23.7 Å². The van der Waals surface area contributed by atoms with Gasteiger partial charge < -0.3 is 5.32 Å². The molecule has 0 unspecified atom stereocenters. The molecule has 2 aromatic heterocycles. The van der Waals surface area contributed by atoms with Gasteiger partial charge >= 0.3 is 0 Å². The Labute approximate surface area is 166 Å². The van der Waals surface area contributed by atoms with Crippen LogP contribution < -0.4 is 5.32 Å². The lowest BCUT2D eigenvalue weighted by atomic mass is 10.2. The van der Waals surface area contributed by atoms with Crippen LogP contribution >= 0.6 is 22.9 Å². The van der Waals surface area contributed by atoms with E-state index in [-0.39, 0.29) is 4.90 Å². The predicted octanol–water partition coefficient (Wildman–Crippen LogP) is 4.05. The maximum absolute atomic E-state index is 12.9. The molecule has 3 aromatic rings. The Morgan fingerprint density at radius 2 is 1.81 bits per heavy atom. The first-order valence-corrected chi connectivity index (χ1v) is 10.6. The minimum Gasteiger partial charge on any atom is -0.301 e. The standard InChI is InChI=1S/C18H16ClN3O3S2/c1-18(2,27(24,25)13-8-6-12(19)7-9-13)16(23)22-17-21-15(11-26-17)14-5-3-4-10-20-14/h3-11H,1-2H3,(H,21,22,23). The molecule has 6 nitrogen and oxygen atoms in total. The number of hydrogen-bond donors (Lipinski definition) is 1. The molecule has 1 amide bonds. The van der Waals surface area contributed by atoms with Gasteiger partial charge in [-0.1, -0.05) is 17.7 Å². The predicted molar refractivity (Wildman–Crippen MR) is 107 cm³/mol. The normalized spacial score (nSPS) is 12.0. The van der Waals surface area contributed by atoms with Gasteiger partial charge in [-0.2, -0.15) is 0 Å². The topological polar surface area (TPSA) is 89.0 Å². The van der Waals surface area contributed by atoms with Crippen molar-refractivity contribution >= 4 is 43.8 Å². The molecule has 27 heavy (non-hydrogen) atoms. The second-order valence-electron chi connectivity index (χ2n) is 6.17. The third-order valence-electron chi connectivity index (χ3n) is 3.99. The van der Waals surface area contributed by atoms with Crippen molar-refractivity contribution in [2.24, 2.45) is 0 Å². The van der Waals surface area contributed by atoms with Crippen LogP contribution in [0.25, 0.3) is 11.4 Å². The van der Waals surface area contributed by atoms with Crippen LogP contribution in [0, 0.1) is 0 Å². The number of thiazole rings is 1. The first-order valence-electron chi connectivity index (χ1n) is 7.90. The Kier molecular flexibility index (Phi) is 5.32. The molecule has 0 radical (unpaired) electrons. The number of rotatable bonds is 5. The molecule has 1 aromatic carbocycles. The van der Waals surface area contributed by atoms with Crippen molar-refractivity contribution < 1.29 is 13.2 Å². The summed E-state index contributed by atoms with van der Waals surface area (Å²) in [6.07, 6.45) is 1.65. The largest absolute Gasteiger partial charge is 0.301 e. The third kappa shape index (κ3) is 3.87. The fourth-order valence-electron chi connectivity index (χ4n) is 2.24. The maximum Gasteiger partial charge on any atom is 0.247 e. The van der Waals surface area contributed by atoms with E-state index in [0.29, 0.717) is 21.5 Å². The zero-order valence-corrected chi connectivity index (χ0v) is 16.9. The smallest absolute Gasteiger partial charge is 0.247 e. The van der Waals surface area contributed by atoms with Crippen LogP contribution in [-0.4, -0.2) is 29.0 Å². The van der Waals surface area contributed by atoms with E-state index < -0.39 is 20.5 Å². The first kappa shape index (κ1) is 19.5. The number of anilines is 1. The zero-order valence-electron chi connectivity index (χ0n) is 14.5. The second-order valence-corrected chi connectivity index (χ2v) is 9.97. The Bertz CT molecular complexity index is 1060. The minimum absolute atomic E-state index is 0.0281. The highest BCUT2D eigenvalue weighted by Crippen LogP contribution is 2.29. The van der Waals surface area contributed by atoms with Crippen LogP contribution in [0.15, 0.2) is 58.9 Å². The number of nitrogens with one attached hydrogen (secondary N) is 1. The Balaban J connectivity index is 1.82. The molecule has 0 aliphatic rings. The van der Waals surface area contributed by atoms with Gasteiger partial charge in [-0.15, -0.1) is 11.3 Å². The summed E-state index contributed by atoms with van der Waals surface area (Å²) in [4.78, 5) is 21.2. The van der Waals surface area contributed by atoms with Crippen molar-refractivity contribution in [2.45, 2.75) is 23.5 Å². The molecular weight excluding hydrogens is 406 g/mol. The highest BCUT2D eigenvalue weighted by molar-refractivity contribution is 7.93. The average molecular weight is 422 g/mol. The zero-order chi connectivity index (χ0) is 19.7. The minimum atomic E-state index is -3.93. The summed E-state index contributed by atoms with van der Waals surface area (Å²) in [5, 5.41) is 5.07. The molecule has 0 saturated carbocycles. The van der Waals surface area contributed by atoms with Crippen LogP contribution in [0.5, 0.6) is 0 Å². The summed E-state index contributed by atoms with van der Waals surface area (Å²) in [5.74, 6) is -0.667. The van der Waals surface area contributed by atoms with Crippen LogP contribution in [0.4, 0.5) is 5.13 Å². The van der Waals surface area contributed by atoms with E-state index in [2.05, 4.69) is 15.3 Å². The van der Waals surface area contributed by atoms with Crippen molar-refractivity contribution in [3.05, 3.63) is 59.1 Å². The summed E-state index contributed by atoms with van der Waals surface area (Å²) in [6.45, 7) is 2.72. The van der Waals surface area contributed by atoms with Crippen molar-refractivity contribution in [3.63, 3.8) is 0 Å². The van der Waals surface area contributed by atoms with E-state index in [0.717, 1.165) is 0 Å². The van der Waals surface area contributed by atoms with Gasteiger partial charge in [0.2, 0.25) is 5.91 Å². The van der Waals surface area contributed by atoms with Crippen molar-refractivity contribution in [2.75, 3.05) is 5.32 Å². The number of nitrogens with zero attached hydrogens (tertiary/aromatic N) is 2. The maximum atomic E-state index is 12.9.